The SMILES string of the molecule is Cc1cc(C(Nc2ccccn2)c2ccc(Br)cc2)c(NC(=O)c2ccco2)s1. The van der Waals surface area contributed by atoms with E-state index in [0.29, 0.717) is 0 Å². The van der Waals surface area contributed by atoms with Gasteiger partial charge in [0.15, 0.2) is 5.76 Å². The van der Waals surface area contributed by atoms with Crippen molar-refractivity contribution in [3.8, 4) is 0 Å². The molecule has 29 heavy (non-hydrogen) atoms. The molecule has 2 N–H and O–H groups in total. The highest BCUT2D eigenvalue weighted by Crippen LogP contribution is 2.37. The Morgan fingerprint density at radius 2 is 1.97 bits per heavy atom. The van der Waals surface area contributed by atoms with Crippen molar-refractivity contribution in [2.45, 2.75) is 13.0 Å². The molecule has 4 aromatic rings. The van der Waals surface area contributed by atoms with E-state index in [0.717, 1.165) is 31.3 Å². The molecule has 1 amide bonds. The van der Waals surface area contributed by atoms with Gasteiger partial charge in [0.2, 0.25) is 0 Å². The number of nitrogens with zero attached hydrogens (tertiary/aromatic N) is 1. The van der Waals surface area contributed by atoms with Gasteiger partial charge in [-0.05, 0) is 55.0 Å². The van der Waals surface area contributed by atoms with Gasteiger partial charge in [0.1, 0.15) is 10.8 Å². The number of anilines is 2. The molecule has 1 atom stereocenters. The molecule has 0 spiro atoms. The Kier molecular flexibility index (Phi) is 5.78. The maximum absolute atomic E-state index is 12.6. The molecular formula is C22H18BrN3O2S. The Labute approximate surface area is 180 Å². The number of pyridine rings is 1. The molecule has 0 fully saturated rings. The Hall–Kier alpha value is -2.90. The summed E-state index contributed by atoms with van der Waals surface area (Å²) < 4.78 is 6.24. The van der Waals surface area contributed by atoms with E-state index in [4.69, 9.17) is 4.42 Å². The van der Waals surface area contributed by atoms with Crippen LogP contribution in [0.15, 0.2) is 82.0 Å². The van der Waals surface area contributed by atoms with Crippen molar-refractivity contribution in [2.75, 3.05) is 10.6 Å². The molecule has 3 heterocycles. The minimum absolute atomic E-state index is 0.185. The highest BCUT2D eigenvalue weighted by Gasteiger charge is 2.22. The van der Waals surface area contributed by atoms with Crippen LogP contribution in [0.25, 0.3) is 0 Å². The second-order valence-electron chi connectivity index (χ2n) is 6.42. The number of amides is 1. The number of aromatic nitrogens is 1. The number of benzene rings is 1. The fraction of sp³-hybridized carbons (Fsp3) is 0.0909. The summed E-state index contributed by atoms with van der Waals surface area (Å²) in [5.41, 5.74) is 2.03. The van der Waals surface area contributed by atoms with E-state index >= 15 is 0 Å². The molecule has 0 bridgehead atoms. The fourth-order valence-electron chi connectivity index (χ4n) is 3.01. The summed E-state index contributed by atoms with van der Waals surface area (Å²) in [6, 6.07) is 19.1. The first-order valence-electron chi connectivity index (χ1n) is 8.98. The first-order chi connectivity index (χ1) is 14.1. The van der Waals surface area contributed by atoms with E-state index in [1.54, 1.807) is 18.3 Å². The largest absolute Gasteiger partial charge is 0.459 e. The van der Waals surface area contributed by atoms with Crippen molar-refractivity contribution < 1.29 is 9.21 Å². The summed E-state index contributed by atoms with van der Waals surface area (Å²) in [5, 5.41) is 7.27. The first-order valence-corrected chi connectivity index (χ1v) is 10.6. The predicted octanol–water partition coefficient (Wildman–Crippen LogP) is 6.26. The van der Waals surface area contributed by atoms with Gasteiger partial charge in [0.25, 0.3) is 5.91 Å². The molecule has 5 nitrogen and oxygen atoms in total. The van der Waals surface area contributed by atoms with Gasteiger partial charge in [-0.2, -0.15) is 0 Å². The molecule has 0 saturated carbocycles. The molecule has 0 aliphatic rings. The highest BCUT2D eigenvalue weighted by atomic mass is 79.9. The first kappa shape index (κ1) is 19.4. The van der Waals surface area contributed by atoms with E-state index in [1.807, 2.05) is 37.3 Å². The van der Waals surface area contributed by atoms with Crippen molar-refractivity contribution in [1.82, 2.24) is 4.98 Å². The van der Waals surface area contributed by atoms with E-state index in [9.17, 15) is 4.79 Å². The maximum atomic E-state index is 12.6. The van der Waals surface area contributed by atoms with Crippen LogP contribution in [0, 0.1) is 6.92 Å². The molecule has 0 radical (unpaired) electrons. The monoisotopic (exact) mass is 467 g/mol. The predicted molar refractivity (Wildman–Crippen MR) is 120 cm³/mol. The van der Waals surface area contributed by atoms with Crippen LogP contribution in [0.1, 0.15) is 32.6 Å². The average molecular weight is 468 g/mol. The average Bonchev–Trinajstić information content (AvgIpc) is 3.38. The lowest BCUT2D eigenvalue weighted by Crippen LogP contribution is -2.16. The summed E-state index contributed by atoms with van der Waals surface area (Å²) in [7, 11) is 0. The molecule has 4 rings (SSSR count). The maximum Gasteiger partial charge on any atom is 0.291 e. The summed E-state index contributed by atoms with van der Waals surface area (Å²) in [5.74, 6) is 0.762. The second-order valence-corrected chi connectivity index (χ2v) is 8.59. The van der Waals surface area contributed by atoms with Crippen LogP contribution < -0.4 is 10.6 Å². The molecule has 0 aliphatic heterocycles. The zero-order valence-electron chi connectivity index (χ0n) is 15.6. The Bertz CT molecular complexity index is 1090. The molecule has 1 unspecified atom stereocenters. The van der Waals surface area contributed by atoms with Gasteiger partial charge in [-0.25, -0.2) is 4.98 Å². The normalized spacial score (nSPS) is 11.8. The number of rotatable bonds is 6. The van der Waals surface area contributed by atoms with Gasteiger partial charge in [-0.3, -0.25) is 4.79 Å². The van der Waals surface area contributed by atoms with Crippen LogP contribution >= 0.6 is 27.3 Å². The van der Waals surface area contributed by atoms with Crippen LogP contribution in [-0.4, -0.2) is 10.9 Å². The van der Waals surface area contributed by atoms with E-state index in [2.05, 4.69) is 49.7 Å². The fourth-order valence-corrected chi connectivity index (χ4v) is 4.22. The van der Waals surface area contributed by atoms with Gasteiger partial charge in [-0.1, -0.05) is 34.1 Å². The molecule has 146 valence electrons. The summed E-state index contributed by atoms with van der Waals surface area (Å²) in [6.45, 7) is 2.02. The van der Waals surface area contributed by atoms with Gasteiger partial charge in [0, 0.05) is 21.1 Å². The lowest BCUT2D eigenvalue weighted by Gasteiger charge is -2.21. The molecule has 0 saturated heterocycles. The van der Waals surface area contributed by atoms with Crippen molar-refractivity contribution in [1.29, 1.82) is 0 Å². The van der Waals surface area contributed by atoms with Crippen molar-refractivity contribution in [3.05, 3.63) is 99.4 Å². The third kappa shape index (κ3) is 4.58. The second kappa shape index (κ2) is 8.63. The summed E-state index contributed by atoms with van der Waals surface area (Å²) in [6.07, 6.45) is 3.24. The Morgan fingerprint density at radius 1 is 1.14 bits per heavy atom. The minimum atomic E-state index is -0.273. The van der Waals surface area contributed by atoms with Crippen molar-refractivity contribution >= 4 is 44.0 Å². The zero-order valence-corrected chi connectivity index (χ0v) is 18.0. The number of thiophene rings is 1. The van der Waals surface area contributed by atoms with E-state index in [1.165, 1.54) is 17.6 Å². The number of furan rings is 1. The quantitative estimate of drug-likeness (QED) is 0.351. The topological polar surface area (TPSA) is 67.2 Å². The summed E-state index contributed by atoms with van der Waals surface area (Å²) >= 11 is 5.03. The lowest BCUT2D eigenvalue weighted by atomic mass is 10.00. The lowest BCUT2D eigenvalue weighted by molar-refractivity contribution is 0.0997. The van der Waals surface area contributed by atoms with Gasteiger partial charge < -0.3 is 15.1 Å². The number of carbonyl (C=O) groups excluding carboxylic acids is 1. The van der Waals surface area contributed by atoms with Crippen LogP contribution in [0.5, 0.6) is 0 Å². The molecular weight excluding hydrogens is 450 g/mol. The number of hydrogen-bond donors (Lipinski definition) is 2. The molecule has 0 aliphatic carbocycles. The molecule has 3 aromatic heterocycles. The summed E-state index contributed by atoms with van der Waals surface area (Å²) in [4.78, 5) is 18.1. The number of aryl methyl sites for hydroxylation is 1. The number of halogens is 1. The third-order valence-electron chi connectivity index (χ3n) is 4.33. The van der Waals surface area contributed by atoms with Gasteiger partial charge >= 0.3 is 0 Å². The van der Waals surface area contributed by atoms with Gasteiger partial charge in [0.05, 0.1) is 12.3 Å². The van der Waals surface area contributed by atoms with E-state index in [-0.39, 0.29) is 17.7 Å². The Balaban J connectivity index is 1.72. The van der Waals surface area contributed by atoms with Crippen LogP contribution in [0.4, 0.5) is 10.8 Å². The number of hydrogen-bond acceptors (Lipinski definition) is 5. The highest BCUT2D eigenvalue weighted by molar-refractivity contribution is 9.10. The van der Waals surface area contributed by atoms with E-state index < -0.39 is 0 Å². The Morgan fingerprint density at radius 3 is 2.66 bits per heavy atom. The van der Waals surface area contributed by atoms with Crippen LogP contribution in [0.2, 0.25) is 0 Å². The molecule has 1 aromatic carbocycles. The number of carbonyl (C=O) groups is 1. The van der Waals surface area contributed by atoms with Crippen molar-refractivity contribution in [3.63, 3.8) is 0 Å². The number of nitrogens with one attached hydrogen (secondary N) is 2. The van der Waals surface area contributed by atoms with Crippen LogP contribution in [-0.2, 0) is 0 Å². The molecule has 7 heteroatoms. The zero-order chi connectivity index (χ0) is 20.2. The standard InChI is InChI=1S/C22H18BrN3O2S/c1-14-13-17(22(29-14)26-21(27)18-5-4-12-28-18)20(15-7-9-16(23)10-8-15)25-19-6-2-3-11-24-19/h2-13,20H,1H3,(H,24,25)(H,26,27). The third-order valence-corrected chi connectivity index (χ3v) is 5.84. The van der Waals surface area contributed by atoms with Crippen molar-refractivity contribution in [2.24, 2.45) is 0 Å². The minimum Gasteiger partial charge on any atom is -0.459 e. The van der Waals surface area contributed by atoms with Crippen LogP contribution in [0.3, 0.4) is 0 Å². The smallest absolute Gasteiger partial charge is 0.291 e. The van der Waals surface area contributed by atoms with Gasteiger partial charge in [-0.15, -0.1) is 11.3 Å².